The van der Waals surface area contributed by atoms with Gasteiger partial charge in [-0.05, 0) is 50.5 Å². The van der Waals surface area contributed by atoms with Crippen molar-refractivity contribution in [2.24, 2.45) is 5.92 Å². The molecule has 0 aromatic heterocycles. The molecule has 7 nitrogen and oxygen atoms in total. The lowest BCUT2D eigenvalue weighted by Gasteiger charge is -2.39. The Kier molecular flexibility index (Phi) is 5.46. The van der Waals surface area contributed by atoms with E-state index in [1.54, 1.807) is 0 Å². The molecule has 1 atom stereocenters. The van der Waals surface area contributed by atoms with Gasteiger partial charge in [-0.15, -0.1) is 0 Å². The predicted molar refractivity (Wildman–Crippen MR) is 116 cm³/mol. The maximum atomic E-state index is 13.4. The van der Waals surface area contributed by atoms with Crippen molar-refractivity contribution in [2.45, 2.75) is 56.5 Å². The molecule has 5 rings (SSSR count). The summed E-state index contributed by atoms with van der Waals surface area (Å²) in [6.07, 6.45) is 5.89. The largest absolute Gasteiger partial charge is 0.340 e. The molecule has 3 heterocycles. The van der Waals surface area contributed by atoms with Gasteiger partial charge in [0.05, 0.1) is 6.04 Å². The molecule has 1 N–H and O–H groups in total. The van der Waals surface area contributed by atoms with E-state index >= 15 is 0 Å². The van der Waals surface area contributed by atoms with E-state index in [2.05, 4.69) is 34.5 Å². The first-order valence-electron chi connectivity index (χ1n) is 11.8. The highest BCUT2D eigenvalue weighted by atomic mass is 16.2. The molecule has 1 aliphatic carbocycles. The van der Waals surface area contributed by atoms with Crippen LogP contribution in [0.3, 0.4) is 0 Å². The third-order valence-electron chi connectivity index (χ3n) is 7.46. The number of rotatable bonds is 5. The second-order valence-corrected chi connectivity index (χ2v) is 9.62. The summed E-state index contributed by atoms with van der Waals surface area (Å²) in [6.45, 7) is 3.82. The highest BCUT2D eigenvalue weighted by Crippen LogP contribution is 2.35. The molecule has 0 bridgehead atoms. The monoisotopic (exact) mass is 424 g/mol. The van der Waals surface area contributed by atoms with Crippen LogP contribution in [0.4, 0.5) is 4.79 Å². The standard InChI is InChI=1S/C24H32N4O3/c29-21(19-8-9-19)27-13-4-7-20(17-27)28-22(30)24(25-23(28)31)11-15-26(16-12-24)14-10-18-5-2-1-3-6-18/h1-3,5-6,19-20H,4,7-17H2,(H,25,31)/t20-/m1/s1. The zero-order valence-electron chi connectivity index (χ0n) is 18.1. The smallest absolute Gasteiger partial charge is 0.325 e. The number of amides is 4. The zero-order valence-corrected chi connectivity index (χ0v) is 18.1. The minimum absolute atomic E-state index is 0.0778. The van der Waals surface area contributed by atoms with Gasteiger partial charge in [-0.25, -0.2) is 4.79 Å². The van der Waals surface area contributed by atoms with Crippen molar-refractivity contribution >= 4 is 17.8 Å². The Balaban J connectivity index is 1.18. The molecule has 31 heavy (non-hydrogen) atoms. The van der Waals surface area contributed by atoms with Crippen molar-refractivity contribution in [3.05, 3.63) is 35.9 Å². The van der Waals surface area contributed by atoms with Gasteiger partial charge in [0.15, 0.2) is 0 Å². The Morgan fingerprint density at radius 2 is 1.77 bits per heavy atom. The summed E-state index contributed by atoms with van der Waals surface area (Å²) < 4.78 is 0. The number of benzene rings is 1. The van der Waals surface area contributed by atoms with Crippen molar-refractivity contribution in [3.63, 3.8) is 0 Å². The molecule has 4 fully saturated rings. The van der Waals surface area contributed by atoms with Crippen molar-refractivity contribution in [1.29, 1.82) is 0 Å². The van der Waals surface area contributed by atoms with E-state index in [1.807, 2.05) is 11.0 Å². The van der Waals surface area contributed by atoms with Gasteiger partial charge in [0, 0.05) is 38.6 Å². The fraction of sp³-hybridized carbons (Fsp3) is 0.625. The van der Waals surface area contributed by atoms with Crippen LogP contribution >= 0.6 is 0 Å². The number of nitrogens with zero attached hydrogens (tertiary/aromatic N) is 3. The van der Waals surface area contributed by atoms with Gasteiger partial charge >= 0.3 is 6.03 Å². The summed E-state index contributed by atoms with van der Waals surface area (Å²) in [5.41, 5.74) is 0.560. The molecule has 7 heteroatoms. The van der Waals surface area contributed by atoms with Gasteiger partial charge in [-0.3, -0.25) is 14.5 Å². The number of hydrogen-bond acceptors (Lipinski definition) is 4. The first-order valence-corrected chi connectivity index (χ1v) is 11.8. The molecule has 1 aromatic rings. The van der Waals surface area contributed by atoms with E-state index in [0.717, 1.165) is 58.3 Å². The highest BCUT2D eigenvalue weighted by molar-refractivity contribution is 6.07. The van der Waals surface area contributed by atoms with Crippen molar-refractivity contribution in [2.75, 3.05) is 32.7 Å². The van der Waals surface area contributed by atoms with E-state index < -0.39 is 5.54 Å². The van der Waals surface area contributed by atoms with Gasteiger partial charge in [0.1, 0.15) is 5.54 Å². The quantitative estimate of drug-likeness (QED) is 0.734. The number of nitrogens with one attached hydrogen (secondary N) is 1. The molecule has 166 valence electrons. The van der Waals surface area contributed by atoms with Gasteiger partial charge < -0.3 is 15.1 Å². The van der Waals surface area contributed by atoms with Crippen molar-refractivity contribution < 1.29 is 14.4 Å². The molecule has 0 radical (unpaired) electrons. The third kappa shape index (κ3) is 4.07. The van der Waals surface area contributed by atoms with Crippen LogP contribution in [0.1, 0.15) is 44.1 Å². The van der Waals surface area contributed by atoms with E-state index in [1.165, 1.54) is 10.5 Å². The molecular weight excluding hydrogens is 392 g/mol. The van der Waals surface area contributed by atoms with E-state index in [-0.39, 0.29) is 29.8 Å². The molecule has 4 aliphatic rings. The van der Waals surface area contributed by atoms with E-state index in [9.17, 15) is 14.4 Å². The van der Waals surface area contributed by atoms with Crippen LogP contribution in [0, 0.1) is 5.92 Å². The Morgan fingerprint density at radius 3 is 2.48 bits per heavy atom. The topological polar surface area (TPSA) is 73.0 Å². The average Bonchev–Trinajstić information content (AvgIpc) is 3.61. The summed E-state index contributed by atoms with van der Waals surface area (Å²) in [6, 6.07) is 9.98. The number of hydrogen-bond donors (Lipinski definition) is 1. The molecule has 1 spiro atoms. The lowest BCUT2D eigenvalue weighted by molar-refractivity contribution is -0.139. The fourth-order valence-corrected chi connectivity index (χ4v) is 5.36. The molecule has 3 aliphatic heterocycles. The van der Waals surface area contributed by atoms with Crippen LogP contribution in [0.25, 0.3) is 0 Å². The highest BCUT2D eigenvalue weighted by Gasteiger charge is 2.54. The number of urea groups is 1. The number of piperidine rings is 2. The van der Waals surface area contributed by atoms with E-state index in [0.29, 0.717) is 19.4 Å². The van der Waals surface area contributed by atoms with Crippen LogP contribution in [0.15, 0.2) is 30.3 Å². The van der Waals surface area contributed by atoms with Crippen LogP contribution in [-0.2, 0) is 16.0 Å². The second-order valence-electron chi connectivity index (χ2n) is 9.62. The van der Waals surface area contributed by atoms with Crippen LogP contribution < -0.4 is 5.32 Å². The minimum atomic E-state index is -0.761. The van der Waals surface area contributed by atoms with Gasteiger partial charge in [-0.1, -0.05) is 30.3 Å². The molecule has 1 saturated carbocycles. The van der Waals surface area contributed by atoms with Crippen LogP contribution in [0.2, 0.25) is 0 Å². The predicted octanol–water partition coefficient (Wildman–Crippen LogP) is 2.02. The lowest BCUT2D eigenvalue weighted by Crippen LogP contribution is -2.56. The Hall–Kier alpha value is -2.41. The van der Waals surface area contributed by atoms with Crippen molar-refractivity contribution in [3.8, 4) is 0 Å². The third-order valence-corrected chi connectivity index (χ3v) is 7.46. The summed E-state index contributed by atoms with van der Waals surface area (Å²) >= 11 is 0. The van der Waals surface area contributed by atoms with Crippen LogP contribution in [-0.4, -0.2) is 76.8 Å². The fourth-order valence-electron chi connectivity index (χ4n) is 5.36. The molecule has 1 aromatic carbocycles. The van der Waals surface area contributed by atoms with Gasteiger partial charge in [0.2, 0.25) is 5.91 Å². The first kappa shape index (κ1) is 20.5. The average molecular weight is 425 g/mol. The zero-order chi connectivity index (χ0) is 21.4. The van der Waals surface area contributed by atoms with E-state index in [4.69, 9.17) is 0 Å². The minimum Gasteiger partial charge on any atom is -0.340 e. The molecule has 3 saturated heterocycles. The maximum absolute atomic E-state index is 13.4. The number of imide groups is 1. The summed E-state index contributed by atoms with van der Waals surface area (Å²) in [7, 11) is 0. The van der Waals surface area contributed by atoms with Gasteiger partial charge in [-0.2, -0.15) is 0 Å². The SMILES string of the molecule is O=C(C1CC1)N1CCC[C@@H](N2C(=O)NC3(CCN(CCc4ccccc4)CC3)C2=O)C1. The maximum Gasteiger partial charge on any atom is 0.325 e. The summed E-state index contributed by atoms with van der Waals surface area (Å²) in [5, 5.41) is 3.05. The van der Waals surface area contributed by atoms with Gasteiger partial charge in [0.25, 0.3) is 5.91 Å². The first-order chi connectivity index (χ1) is 15.1. The number of carbonyl (C=O) groups excluding carboxylic acids is 3. The lowest BCUT2D eigenvalue weighted by atomic mass is 9.87. The Morgan fingerprint density at radius 1 is 1.03 bits per heavy atom. The Labute approximate surface area is 183 Å². The normalized spacial score (nSPS) is 26.4. The Bertz CT molecular complexity index is 846. The molecule has 4 amide bonds. The second kappa shape index (κ2) is 8.26. The van der Waals surface area contributed by atoms with Crippen molar-refractivity contribution in [1.82, 2.24) is 20.0 Å². The number of likely N-dealkylation sites (tertiary alicyclic amines) is 2. The van der Waals surface area contributed by atoms with Crippen LogP contribution in [0.5, 0.6) is 0 Å². The molecule has 0 unspecified atom stereocenters. The summed E-state index contributed by atoms with van der Waals surface area (Å²) in [5.74, 6) is 0.303. The summed E-state index contributed by atoms with van der Waals surface area (Å²) in [4.78, 5) is 44.5. The number of carbonyl (C=O) groups is 3. The molecular formula is C24H32N4O3.